The molecule has 6 nitrogen and oxygen atoms in total. The Morgan fingerprint density at radius 1 is 1.36 bits per heavy atom. The van der Waals surface area contributed by atoms with Gasteiger partial charge in [-0.15, -0.1) is 0 Å². The summed E-state index contributed by atoms with van der Waals surface area (Å²) < 4.78 is 1.79. The number of rotatable bonds is 5. The van der Waals surface area contributed by atoms with Crippen molar-refractivity contribution in [2.45, 2.75) is 32.7 Å². The van der Waals surface area contributed by atoms with Crippen LogP contribution in [-0.2, 0) is 7.05 Å². The topological polar surface area (TPSA) is 54.3 Å². The van der Waals surface area contributed by atoms with Gasteiger partial charge in [-0.25, -0.2) is 4.98 Å². The third-order valence-corrected chi connectivity index (χ3v) is 4.65. The van der Waals surface area contributed by atoms with Crippen LogP contribution in [0.25, 0.3) is 0 Å². The van der Waals surface area contributed by atoms with Gasteiger partial charge in [0.2, 0.25) is 0 Å². The second-order valence-electron chi connectivity index (χ2n) is 7.28. The Hall–Kier alpha value is -2.37. The lowest BCUT2D eigenvalue weighted by atomic mass is 10.1. The van der Waals surface area contributed by atoms with Crippen LogP contribution in [0.5, 0.6) is 0 Å². The van der Waals surface area contributed by atoms with Crippen LogP contribution in [0.15, 0.2) is 30.7 Å². The molecule has 1 amide bonds. The summed E-state index contributed by atoms with van der Waals surface area (Å²) in [6.45, 7) is 6.09. The van der Waals surface area contributed by atoms with Crippen LogP contribution < -0.4 is 4.90 Å². The Labute approximate surface area is 149 Å². The van der Waals surface area contributed by atoms with E-state index in [0.717, 1.165) is 37.3 Å². The normalized spacial score (nSPS) is 17.3. The van der Waals surface area contributed by atoms with Crippen LogP contribution in [-0.4, -0.2) is 45.7 Å². The fraction of sp³-hybridized carbons (Fsp3) is 0.526. The molecule has 6 heteroatoms. The molecule has 0 bridgehead atoms. The standard InChI is InChI=1S/C19H27N5O/c1-14(2)12-22(3)18-8-7-15(10-20-18)19(25)24-9-5-6-17(24)16-11-21-23(4)13-16/h7-8,10-11,13-14,17H,5-6,9,12H2,1-4H3/t17-/m0/s1. The van der Waals surface area contributed by atoms with Gasteiger partial charge in [-0.1, -0.05) is 13.8 Å². The molecule has 3 heterocycles. The number of likely N-dealkylation sites (tertiary alicyclic amines) is 1. The van der Waals surface area contributed by atoms with Crippen LogP contribution in [0.2, 0.25) is 0 Å². The van der Waals surface area contributed by atoms with E-state index >= 15 is 0 Å². The van der Waals surface area contributed by atoms with E-state index < -0.39 is 0 Å². The minimum Gasteiger partial charge on any atom is -0.359 e. The number of aromatic nitrogens is 3. The third kappa shape index (κ3) is 3.83. The molecule has 25 heavy (non-hydrogen) atoms. The highest BCUT2D eigenvalue weighted by atomic mass is 16.2. The number of pyridine rings is 1. The van der Waals surface area contributed by atoms with Gasteiger partial charge < -0.3 is 9.80 Å². The minimum atomic E-state index is 0.0527. The molecule has 1 atom stereocenters. The minimum absolute atomic E-state index is 0.0527. The first-order valence-electron chi connectivity index (χ1n) is 8.92. The first-order valence-corrected chi connectivity index (χ1v) is 8.92. The largest absolute Gasteiger partial charge is 0.359 e. The lowest BCUT2D eigenvalue weighted by molar-refractivity contribution is 0.0735. The summed E-state index contributed by atoms with van der Waals surface area (Å²) in [6.07, 6.45) is 7.57. The van der Waals surface area contributed by atoms with Crippen molar-refractivity contribution in [2.24, 2.45) is 13.0 Å². The van der Waals surface area contributed by atoms with E-state index in [9.17, 15) is 4.79 Å². The van der Waals surface area contributed by atoms with Gasteiger partial charge in [0.15, 0.2) is 0 Å². The van der Waals surface area contributed by atoms with Crippen LogP contribution in [0.4, 0.5) is 5.82 Å². The Morgan fingerprint density at radius 2 is 2.16 bits per heavy atom. The fourth-order valence-electron chi connectivity index (χ4n) is 3.51. The lowest BCUT2D eigenvalue weighted by Crippen LogP contribution is -2.30. The zero-order valence-electron chi connectivity index (χ0n) is 15.5. The van der Waals surface area contributed by atoms with Crippen molar-refractivity contribution in [3.05, 3.63) is 41.9 Å². The number of carbonyl (C=O) groups is 1. The summed E-state index contributed by atoms with van der Waals surface area (Å²) >= 11 is 0. The number of hydrogen-bond donors (Lipinski definition) is 0. The Morgan fingerprint density at radius 3 is 2.76 bits per heavy atom. The average Bonchev–Trinajstić information content (AvgIpc) is 3.22. The second kappa shape index (κ2) is 7.25. The van der Waals surface area contributed by atoms with Gasteiger partial charge in [0.1, 0.15) is 5.82 Å². The van der Waals surface area contributed by atoms with Crippen molar-refractivity contribution in [1.82, 2.24) is 19.7 Å². The van der Waals surface area contributed by atoms with Crippen molar-refractivity contribution in [3.63, 3.8) is 0 Å². The average molecular weight is 341 g/mol. The second-order valence-corrected chi connectivity index (χ2v) is 7.28. The monoisotopic (exact) mass is 341 g/mol. The highest BCUT2D eigenvalue weighted by Crippen LogP contribution is 2.32. The molecule has 1 fully saturated rings. The van der Waals surface area contributed by atoms with Crippen LogP contribution in [0.3, 0.4) is 0 Å². The Kier molecular flexibility index (Phi) is 5.06. The molecule has 1 saturated heterocycles. The summed E-state index contributed by atoms with van der Waals surface area (Å²) in [5.41, 5.74) is 1.76. The number of carbonyl (C=O) groups excluding carboxylic acids is 1. The van der Waals surface area contributed by atoms with Gasteiger partial charge in [0.25, 0.3) is 5.91 Å². The van der Waals surface area contributed by atoms with Gasteiger partial charge in [-0.2, -0.15) is 5.10 Å². The molecule has 3 rings (SSSR count). The van der Waals surface area contributed by atoms with Crippen molar-refractivity contribution < 1.29 is 4.79 Å². The first-order chi connectivity index (χ1) is 12.0. The number of anilines is 1. The lowest BCUT2D eigenvalue weighted by Gasteiger charge is -2.24. The smallest absolute Gasteiger partial charge is 0.255 e. The van der Waals surface area contributed by atoms with Crippen molar-refractivity contribution in [2.75, 3.05) is 25.0 Å². The Bertz CT molecular complexity index is 722. The fourth-order valence-corrected chi connectivity index (χ4v) is 3.51. The predicted octanol–water partition coefficient (Wildman–Crippen LogP) is 2.88. The Balaban J connectivity index is 1.74. The zero-order chi connectivity index (χ0) is 18.0. The SMILES string of the molecule is CC(C)CN(C)c1ccc(C(=O)N2CCC[C@H]2c2cnn(C)c2)cn1. The van der Waals surface area contributed by atoms with E-state index in [-0.39, 0.29) is 11.9 Å². The van der Waals surface area contributed by atoms with Crippen molar-refractivity contribution >= 4 is 11.7 Å². The molecule has 2 aromatic rings. The van der Waals surface area contributed by atoms with E-state index in [1.807, 2.05) is 43.5 Å². The highest BCUT2D eigenvalue weighted by Gasteiger charge is 2.31. The van der Waals surface area contributed by atoms with Gasteiger partial charge in [-0.3, -0.25) is 9.48 Å². The van der Waals surface area contributed by atoms with Gasteiger partial charge in [0, 0.05) is 45.1 Å². The highest BCUT2D eigenvalue weighted by molar-refractivity contribution is 5.94. The zero-order valence-corrected chi connectivity index (χ0v) is 15.5. The van der Waals surface area contributed by atoms with Crippen molar-refractivity contribution in [3.8, 4) is 0 Å². The molecule has 1 aliphatic heterocycles. The third-order valence-electron chi connectivity index (χ3n) is 4.65. The number of aryl methyl sites for hydroxylation is 1. The number of hydrogen-bond acceptors (Lipinski definition) is 4. The quantitative estimate of drug-likeness (QED) is 0.839. The molecule has 0 N–H and O–H groups in total. The summed E-state index contributed by atoms with van der Waals surface area (Å²) in [7, 11) is 3.93. The summed E-state index contributed by atoms with van der Waals surface area (Å²) in [5.74, 6) is 1.52. The van der Waals surface area contributed by atoms with E-state index in [2.05, 4.69) is 28.8 Å². The maximum atomic E-state index is 12.9. The molecule has 0 spiro atoms. The molecule has 0 saturated carbocycles. The van der Waals surface area contributed by atoms with E-state index in [4.69, 9.17) is 0 Å². The van der Waals surface area contributed by atoms with Crippen molar-refractivity contribution in [1.29, 1.82) is 0 Å². The number of nitrogens with zero attached hydrogens (tertiary/aromatic N) is 5. The molecular weight excluding hydrogens is 314 g/mol. The summed E-state index contributed by atoms with van der Waals surface area (Å²) in [6, 6.07) is 3.94. The maximum Gasteiger partial charge on any atom is 0.255 e. The molecule has 0 radical (unpaired) electrons. The summed E-state index contributed by atoms with van der Waals surface area (Å²) in [4.78, 5) is 21.5. The molecule has 134 valence electrons. The van der Waals surface area contributed by atoms with Crippen LogP contribution in [0, 0.1) is 5.92 Å². The van der Waals surface area contributed by atoms with Gasteiger partial charge in [0.05, 0.1) is 17.8 Å². The van der Waals surface area contributed by atoms with E-state index in [0.29, 0.717) is 11.5 Å². The van der Waals surface area contributed by atoms with Crippen LogP contribution >= 0.6 is 0 Å². The molecule has 0 aliphatic carbocycles. The van der Waals surface area contributed by atoms with E-state index in [1.54, 1.807) is 10.9 Å². The summed E-state index contributed by atoms with van der Waals surface area (Å²) in [5, 5.41) is 4.24. The molecule has 2 aromatic heterocycles. The molecule has 0 unspecified atom stereocenters. The molecule has 1 aliphatic rings. The maximum absolute atomic E-state index is 12.9. The predicted molar refractivity (Wildman–Crippen MR) is 98.6 cm³/mol. The van der Waals surface area contributed by atoms with E-state index in [1.165, 1.54) is 0 Å². The number of amides is 1. The molecule has 0 aromatic carbocycles. The van der Waals surface area contributed by atoms with Gasteiger partial charge in [-0.05, 0) is 30.9 Å². The van der Waals surface area contributed by atoms with Crippen LogP contribution in [0.1, 0.15) is 48.7 Å². The molecular formula is C19H27N5O. The van der Waals surface area contributed by atoms with Gasteiger partial charge >= 0.3 is 0 Å². The first kappa shape index (κ1) is 17.5.